The Morgan fingerprint density at radius 3 is 2.27 bits per heavy atom. The minimum Gasteiger partial charge on any atom is -0.492 e. The number of para-hydroxylation sites is 2. The smallest absolute Gasteiger partial charge is 0.264 e. The molecular formula is C22H21FN2O4S. The van der Waals surface area contributed by atoms with E-state index in [-0.39, 0.29) is 10.6 Å². The van der Waals surface area contributed by atoms with Crippen molar-refractivity contribution in [3.63, 3.8) is 0 Å². The normalized spacial score (nSPS) is 11.0. The molecule has 0 saturated carbocycles. The van der Waals surface area contributed by atoms with Crippen LogP contribution in [0.25, 0.3) is 0 Å². The Morgan fingerprint density at radius 1 is 0.967 bits per heavy atom. The van der Waals surface area contributed by atoms with Gasteiger partial charge in [0, 0.05) is 5.69 Å². The van der Waals surface area contributed by atoms with Crippen molar-refractivity contribution in [1.29, 1.82) is 0 Å². The van der Waals surface area contributed by atoms with Gasteiger partial charge in [0.05, 0.1) is 17.2 Å². The number of amides is 1. The van der Waals surface area contributed by atoms with Gasteiger partial charge in [-0.05, 0) is 55.5 Å². The van der Waals surface area contributed by atoms with Gasteiger partial charge < -0.3 is 10.1 Å². The standard InChI is InChI=1S/C22H21FN2O4S/c1-2-29-21-11-7-6-10-20(21)25(30(27,28)19-8-4-3-5-9-19)16-22(26)24-18-14-12-17(23)13-15-18/h3-15H,2,16H2,1H3,(H,24,26). The fraction of sp³-hybridized carbons (Fsp3) is 0.136. The average molecular weight is 428 g/mol. The Balaban J connectivity index is 1.98. The lowest BCUT2D eigenvalue weighted by atomic mass is 10.3. The molecule has 0 saturated heterocycles. The molecule has 3 rings (SSSR count). The van der Waals surface area contributed by atoms with E-state index in [1.807, 2.05) is 0 Å². The van der Waals surface area contributed by atoms with Crippen molar-refractivity contribution in [2.45, 2.75) is 11.8 Å². The van der Waals surface area contributed by atoms with E-state index >= 15 is 0 Å². The molecule has 1 amide bonds. The molecule has 0 fully saturated rings. The SMILES string of the molecule is CCOc1ccccc1N(CC(=O)Nc1ccc(F)cc1)S(=O)(=O)c1ccccc1. The molecular weight excluding hydrogens is 407 g/mol. The van der Waals surface area contributed by atoms with Crippen LogP contribution in [0.2, 0.25) is 0 Å². The van der Waals surface area contributed by atoms with E-state index in [4.69, 9.17) is 4.74 Å². The predicted octanol–water partition coefficient (Wildman–Crippen LogP) is 4.06. The highest BCUT2D eigenvalue weighted by Crippen LogP contribution is 2.32. The number of benzene rings is 3. The molecule has 6 nitrogen and oxygen atoms in total. The summed E-state index contributed by atoms with van der Waals surface area (Å²) in [4.78, 5) is 12.7. The largest absolute Gasteiger partial charge is 0.492 e. The van der Waals surface area contributed by atoms with Crippen LogP contribution < -0.4 is 14.4 Å². The van der Waals surface area contributed by atoms with E-state index in [1.165, 1.54) is 36.4 Å². The summed E-state index contributed by atoms with van der Waals surface area (Å²) < 4.78 is 46.4. The molecule has 0 unspecified atom stereocenters. The minimum absolute atomic E-state index is 0.0471. The summed E-state index contributed by atoms with van der Waals surface area (Å²) in [6, 6.07) is 19.7. The van der Waals surface area contributed by atoms with Crippen LogP contribution in [0.4, 0.5) is 15.8 Å². The van der Waals surface area contributed by atoms with Crippen molar-refractivity contribution in [2.24, 2.45) is 0 Å². The summed E-state index contributed by atoms with van der Waals surface area (Å²) in [5.74, 6) is -0.673. The molecule has 0 aromatic heterocycles. The second-order valence-electron chi connectivity index (χ2n) is 6.28. The van der Waals surface area contributed by atoms with E-state index in [0.29, 0.717) is 18.0 Å². The Kier molecular flexibility index (Phi) is 6.68. The predicted molar refractivity (Wildman–Crippen MR) is 114 cm³/mol. The number of nitrogens with one attached hydrogen (secondary N) is 1. The lowest BCUT2D eigenvalue weighted by molar-refractivity contribution is -0.114. The quantitative estimate of drug-likeness (QED) is 0.587. The molecule has 0 spiro atoms. The zero-order chi connectivity index (χ0) is 21.6. The number of nitrogens with zero attached hydrogens (tertiary/aromatic N) is 1. The topological polar surface area (TPSA) is 75.7 Å². The molecule has 3 aromatic carbocycles. The van der Waals surface area contributed by atoms with Crippen LogP contribution in [0.15, 0.2) is 83.8 Å². The molecule has 30 heavy (non-hydrogen) atoms. The maximum Gasteiger partial charge on any atom is 0.264 e. The van der Waals surface area contributed by atoms with Crippen molar-refractivity contribution in [1.82, 2.24) is 0 Å². The van der Waals surface area contributed by atoms with Gasteiger partial charge in [-0.1, -0.05) is 30.3 Å². The molecule has 156 valence electrons. The van der Waals surface area contributed by atoms with Crippen molar-refractivity contribution in [3.8, 4) is 5.75 Å². The lowest BCUT2D eigenvalue weighted by Crippen LogP contribution is -2.38. The minimum atomic E-state index is -4.06. The van der Waals surface area contributed by atoms with Gasteiger partial charge in [0.25, 0.3) is 10.0 Å². The Bertz CT molecular complexity index is 1100. The van der Waals surface area contributed by atoms with Gasteiger partial charge in [-0.3, -0.25) is 9.10 Å². The van der Waals surface area contributed by atoms with Gasteiger partial charge in [-0.25, -0.2) is 12.8 Å². The first kappa shape index (κ1) is 21.3. The number of hydrogen-bond donors (Lipinski definition) is 1. The molecule has 0 bridgehead atoms. The first-order valence-electron chi connectivity index (χ1n) is 9.27. The molecule has 0 atom stereocenters. The van der Waals surface area contributed by atoms with E-state index < -0.39 is 28.3 Å². The third-order valence-corrected chi connectivity index (χ3v) is 5.95. The monoisotopic (exact) mass is 428 g/mol. The maximum atomic E-state index is 13.4. The first-order chi connectivity index (χ1) is 14.4. The van der Waals surface area contributed by atoms with E-state index in [9.17, 15) is 17.6 Å². The van der Waals surface area contributed by atoms with Crippen LogP contribution in [0.1, 0.15) is 6.92 Å². The second kappa shape index (κ2) is 9.41. The van der Waals surface area contributed by atoms with E-state index in [2.05, 4.69) is 5.32 Å². The summed E-state index contributed by atoms with van der Waals surface area (Å²) in [6.45, 7) is 1.63. The van der Waals surface area contributed by atoms with Gasteiger partial charge in [0.1, 0.15) is 18.1 Å². The number of hydrogen-bond acceptors (Lipinski definition) is 4. The number of carbonyl (C=O) groups excluding carboxylic acids is 1. The second-order valence-corrected chi connectivity index (χ2v) is 8.14. The highest BCUT2D eigenvalue weighted by Gasteiger charge is 2.29. The van der Waals surface area contributed by atoms with Gasteiger partial charge in [0.2, 0.25) is 5.91 Å². The van der Waals surface area contributed by atoms with Crippen LogP contribution >= 0.6 is 0 Å². The van der Waals surface area contributed by atoms with E-state index in [0.717, 1.165) is 4.31 Å². The third-order valence-electron chi connectivity index (χ3n) is 4.18. The van der Waals surface area contributed by atoms with Crippen LogP contribution in [-0.4, -0.2) is 27.5 Å². The molecule has 0 radical (unpaired) electrons. The number of anilines is 2. The fourth-order valence-corrected chi connectivity index (χ4v) is 4.28. The third kappa shape index (κ3) is 4.96. The maximum absolute atomic E-state index is 13.4. The Hall–Kier alpha value is -3.39. The average Bonchev–Trinajstić information content (AvgIpc) is 2.75. The highest BCUT2D eigenvalue weighted by molar-refractivity contribution is 7.92. The van der Waals surface area contributed by atoms with Crippen LogP contribution in [0, 0.1) is 5.82 Å². The number of halogens is 1. The molecule has 0 heterocycles. The Morgan fingerprint density at radius 2 is 1.60 bits per heavy atom. The van der Waals surface area contributed by atoms with Crippen molar-refractivity contribution >= 4 is 27.3 Å². The molecule has 1 N–H and O–H groups in total. The number of sulfonamides is 1. The molecule has 0 aliphatic carbocycles. The number of carbonyl (C=O) groups is 1. The highest BCUT2D eigenvalue weighted by atomic mass is 32.2. The fourth-order valence-electron chi connectivity index (χ4n) is 2.82. The van der Waals surface area contributed by atoms with Crippen LogP contribution in [0.3, 0.4) is 0 Å². The van der Waals surface area contributed by atoms with E-state index in [1.54, 1.807) is 49.4 Å². The van der Waals surface area contributed by atoms with Crippen LogP contribution in [-0.2, 0) is 14.8 Å². The van der Waals surface area contributed by atoms with Gasteiger partial charge in [-0.2, -0.15) is 0 Å². The van der Waals surface area contributed by atoms with Crippen molar-refractivity contribution in [2.75, 3.05) is 22.8 Å². The summed E-state index contributed by atoms with van der Waals surface area (Å²) in [7, 11) is -4.06. The van der Waals surface area contributed by atoms with Gasteiger partial charge >= 0.3 is 0 Å². The lowest BCUT2D eigenvalue weighted by Gasteiger charge is -2.26. The zero-order valence-electron chi connectivity index (χ0n) is 16.3. The first-order valence-corrected chi connectivity index (χ1v) is 10.7. The van der Waals surface area contributed by atoms with Gasteiger partial charge in [0.15, 0.2) is 0 Å². The molecule has 3 aromatic rings. The summed E-state index contributed by atoms with van der Waals surface area (Å²) in [5.41, 5.74) is 0.606. The molecule has 0 aliphatic heterocycles. The van der Waals surface area contributed by atoms with Crippen molar-refractivity contribution in [3.05, 3.63) is 84.7 Å². The van der Waals surface area contributed by atoms with Crippen LogP contribution in [0.5, 0.6) is 5.75 Å². The summed E-state index contributed by atoms with van der Waals surface area (Å²) in [5, 5.41) is 2.59. The molecule has 8 heteroatoms. The summed E-state index contributed by atoms with van der Waals surface area (Å²) >= 11 is 0. The van der Waals surface area contributed by atoms with Gasteiger partial charge in [-0.15, -0.1) is 0 Å². The Labute approximate surface area is 175 Å². The molecule has 0 aliphatic rings. The summed E-state index contributed by atoms with van der Waals surface area (Å²) in [6.07, 6.45) is 0. The number of ether oxygens (including phenoxy) is 1. The number of rotatable bonds is 8. The van der Waals surface area contributed by atoms with Crippen molar-refractivity contribution < 1.29 is 22.3 Å². The zero-order valence-corrected chi connectivity index (χ0v) is 17.1.